The van der Waals surface area contributed by atoms with E-state index in [0.29, 0.717) is 0 Å². The minimum absolute atomic E-state index is 0.863. The van der Waals surface area contributed by atoms with Gasteiger partial charge in [0.15, 0.2) is 0 Å². The summed E-state index contributed by atoms with van der Waals surface area (Å²) in [6.07, 6.45) is 1.00. The maximum Gasteiger partial charge on any atom is 0.402 e. The molecular formula is C5H14O2S2Si. The fourth-order valence-electron chi connectivity index (χ4n) is 0.590. The van der Waals surface area contributed by atoms with Gasteiger partial charge in [0, 0.05) is 20.3 Å². The topological polar surface area (TPSA) is 18.5 Å². The van der Waals surface area contributed by atoms with Crippen LogP contribution in [0, 0.1) is 0 Å². The zero-order valence-electron chi connectivity index (χ0n) is 6.33. The molecule has 0 aromatic carbocycles. The van der Waals surface area contributed by atoms with E-state index in [2.05, 4.69) is 24.7 Å². The van der Waals surface area contributed by atoms with Crippen LogP contribution in [0.5, 0.6) is 0 Å². The molecule has 62 valence electrons. The monoisotopic (exact) mass is 198 g/mol. The summed E-state index contributed by atoms with van der Waals surface area (Å²) in [6.45, 7) is 0. The molecule has 0 aromatic heterocycles. The van der Waals surface area contributed by atoms with Crippen molar-refractivity contribution in [3.05, 3.63) is 0 Å². The Morgan fingerprint density at radius 1 is 1.30 bits per heavy atom. The van der Waals surface area contributed by atoms with Crippen LogP contribution in [-0.4, -0.2) is 27.7 Å². The van der Waals surface area contributed by atoms with Gasteiger partial charge in [0.2, 0.25) is 0 Å². The van der Waals surface area contributed by atoms with Crippen LogP contribution in [0.2, 0.25) is 6.04 Å². The van der Waals surface area contributed by atoms with E-state index in [9.17, 15) is 0 Å². The molecule has 0 fully saturated rings. The zero-order chi connectivity index (χ0) is 8.04. The predicted octanol–water partition coefficient (Wildman–Crippen LogP) is 1.47. The van der Waals surface area contributed by atoms with Crippen LogP contribution in [0.1, 0.15) is 6.42 Å². The Labute approximate surface area is 74.0 Å². The molecule has 0 aromatic rings. The zero-order valence-corrected chi connectivity index (χ0v) is 9.12. The Bertz CT molecular complexity index is 87.7. The Morgan fingerprint density at radius 3 is 2.10 bits per heavy atom. The van der Waals surface area contributed by atoms with Crippen LogP contribution in [0.15, 0.2) is 0 Å². The smallest absolute Gasteiger partial charge is 0.390 e. The van der Waals surface area contributed by atoms with E-state index in [1.807, 2.05) is 0 Å². The van der Waals surface area contributed by atoms with Crippen LogP contribution in [0.4, 0.5) is 0 Å². The molecule has 0 saturated heterocycles. The SMILES string of the molecule is CO[Si](S)(CCCS)OC. The van der Waals surface area contributed by atoms with Crippen LogP contribution in [0.25, 0.3) is 0 Å². The summed E-state index contributed by atoms with van der Waals surface area (Å²) < 4.78 is 10.3. The van der Waals surface area contributed by atoms with Gasteiger partial charge in [-0.05, 0) is 12.2 Å². The molecule has 0 spiro atoms. The molecule has 0 atom stereocenters. The Morgan fingerprint density at radius 2 is 1.80 bits per heavy atom. The molecule has 0 amide bonds. The Hall–Kier alpha value is 0.837. The first kappa shape index (κ1) is 10.8. The van der Waals surface area contributed by atoms with E-state index in [-0.39, 0.29) is 0 Å². The van der Waals surface area contributed by atoms with Crippen molar-refractivity contribution in [1.82, 2.24) is 0 Å². The van der Waals surface area contributed by atoms with Crippen molar-refractivity contribution >= 4 is 32.4 Å². The van der Waals surface area contributed by atoms with Crippen LogP contribution in [0.3, 0.4) is 0 Å². The first-order valence-corrected chi connectivity index (χ1v) is 7.06. The molecule has 0 radical (unpaired) electrons. The molecule has 0 heterocycles. The lowest BCUT2D eigenvalue weighted by molar-refractivity contribution is 0.268. The fraction of sp³-hybridized carbons (Fsp3) is 1.00. The van der Waals surface area contributed by atoms with E-state index >= 15 is 0 Å². The van der Waals surface area contributed by atoms with Crippen molar-refractivity contribution in [2.24, 2.45) is 0 Å². The molecule has 0 aliphatic heterocycles. The normalized spacial score (nSPS) is 12.0. The van der Waals surface area contributed by atoms with Crippen molar-refractivity contribution in [3.8, 4) is 0 Å². The van der Waals surface area contributed by atoms with Gasteiger partial charge in [-0.3, -0.25) is 0 Å². The lowest BCUT2D eigenvalue weighted by atomic mass is 10.6. The summed E-state index contributed by atoms with van der Waals surface area (Å²) in [5.41, 5.74) is 0. The molecule has 0 unspecified atom stereocenters. The van der Waals surface area contributed by atoms with Crippen molar-refractivity contribution in [2.45, 2.75) is 12.5 Å². The summed E-state index contributed by atoms with van der Waals surface area (Å²) in [6, 6.07) is 0.895. The summed E-state index contributed by atoms with van der Waals surface area (Å²) in [4.78, 5) is 0. The number of thiol groups is 2. The molecular weight excluding hydrogens is 184 g/mol. The van der Waals surface area contributed by atoms with Gasteiger partial charge in [0.1, 0.15) is 0 Å². The lowest BCUT2D eigenvalue weighted by Gasteiger charge is -2.20. The first-order valence-electron chi connectivity index (χ1n) is 3.12. The number of hydrogen-bond donors (Lipinski definition) is 2. The molecule has 0 saturated carbocycles. The summed E-state index contributed by atoms with van der Waals surface area (Å²) in [7, 11) is 1.21. The third-order valence-electron chi connectivity index (χ3n) is 1.29. The van der Waals surface area contributed by atoms with Crippen molar-refractivity contribution < 1.29 is 8.85 Å². The highest BCUT2D eigenvalue weighted by atomic mass is 32.3. The van der Waals surface area contributed by atoms with Gasteiger partial charge in [-0.2, -0.15) is 12.6 Å². The average Bonchev–Trinajstić information content (AvgIpc) is 2.00. The van der Waals surface area contributed by atoms with Gasteiger partial charge >= 0.3 is 7.71 Å². The second-order valence-electron chi connectivity index (χ2n) is 1.95. The van der Waals surface area contributed by atoms with Crippen molar-refractivity contribution in [3.63, 3.8) is 0 Å². The van der Waals surface area contributed by atoms with Crippen LogP contribution >= 0.6 is 24.7 Å². The van der Waals surface area contributed by atoms with Gasteiger partial charge < -0.3 is 8.85 Å². The molecule has 0 N–H and O–H groups in total. The highest BCUT2D eigenvalue weighted by molar-refractivity contribution is 8.12. The average molecular weight is 198 g/mol. The van der Waals surface area contributed by atoms with E-state index in [0.717, 1.165) is 18.2 Å². The third-order valence-corrected chi connectivity index (χ3v) is 5.63. The number of rotatable bonds is 5. The Kier molecular flexibility index (Phi) is 5.94. The van der Waals surface area contributed by atoms with Gasteiger partial charge in [0.25, 0.3) is 0 Å². The second kappa shape index (κ2) is 5.48. The minimum Gasteiger partial charge on any atom is -0.390 e. The van der Waals surface area contributed by atoms with Crippen LogP contribution in [-0.2, 0) is 8.85 Å². The summed E-state index contributed by atoms with van der Waals surface area (Å²) in [5.74, 6) is 0.863. The molecule has 2 nitrogen and oxygen atoms in total. The first-order chi connectivity index (χ1) is 4.68. The summed E-state index contributed by atoms with van der Waals surface area (Å²) >= 11 is 8.40. The van der Waals surface area contributed by atoms with E-state index in [1.54, 1.807) is 14.2 Å². The molecule has 5 heteroatoms. The Balaban J connectivity index is 3.58. The quantitative estimate of drug-likeness (QED) is 0.515. The van der Waals surface area contributed by atoms with E-state index in [4.69, 9.17) is 8.85 Å². The van der Waals surface area contributed by atoms with Gasteiger partial charge in [-0.1, -0.05) is 0 Å². The minimum atomic E-state index is -2.07. The molecule has 0 bridgehead atoms. The number of hydrogen-bond acceptors (Lipinski definition) is 4. The lowest BCUT2D eigenvalue weighted by Crippen LogP contribution is -2.33. The van der Waals surface area contributed by atoms with Gasteiger partial charge in [-0.25, -0.2) is 0 Å². The maximum atomic E-state index is 5.14. The molecule has 0 rings (SSSR count). The van der Waals surface area contributed by atoms with Gasteiger partial charge in [0.05, 0.1) is 0 Å². The van der Waals surface area contributed by atoms with Crippen LogP contribution < -0.4 is 0 Å². The fourth-order valence-corrected chi connectivity index (χ4v) is 2.72. The molecule has 0 aliphatic carbocycles. The third kappa shape index (κ3) is 3.87. The highest BCUT2D eigenvalue weighted by Gasteiger charge is 2.29. The highest BCUT2D eigenvalue weighted by Crippen LogP contribution is 2.17. The molecule has 10 heavy (non-hydrogen) atoms. The van der Waals surface area contributed by atoms with E-state index < -0.39 is 7.71 Å². The van der Waals surface area contributed by atoms with Crippen molar-refractivity contribution in [1.29, 1.82) is 0 Å². The van der Waals surface area contributed by atoms with E-state index in [1.165, 1.54) is 0 Å². The second-order valence-corrected chi connectivity index (χ2v) is 7.18. The largest absolute Gasteiger partial charge is 0.402 e. The standard InChI is InChI=1S/C5H14O2S2Si/c1-6-10(9,7-2)5-3-4-8/h8-9H,3-5H2,1-2H3. The van der Waals surface area contributed by atoms with Crippen molar-refractivity contribution in [2.75, 3.05) is 20.0 Å². The predicted molar refractivity (Wildman–Crippen MR) is 52.0 cm³/mol. The summed E-state index contributed by atoms with van der Waals surface area (Å²) in [5, 5.41) is 0. The molecule has 0 aliphatic rings. The maximum absolute atomic E-state index is 5.14. The van der Waals surface area contributed by atoms with Gasteiger partial charge in [-0.15, -0.1) is 12.1 Å².